The highest BCUT2D eigenvalue weighted by Crippen LogP contribution is 2.25. The molecule has 0 aliphatic rings. The minimum absolute atomic E-state index is 0.216. The van der Waals surface area contributed by atoms with Gasteiger partial charge in [0.15, 0.2) is 0 Å². The van der Waals surface area contributed by atoms with Crippen molar-refractivity contribution in [1.29, 1.82) is 0 Å². The zero-order valence-electron chi connectivity index (χ0n) is 12.3. The van der Waals surface area contributed by atoms with Crippen LogP contribution in [0.25, 0.3) is 0 Å². The second-order valence-electron chi connectivity index (χ2n) is 4.50. The molecule has 0 aromatic heterocycles. The molecule has 4 nitrogen and oxygen atoms in total. The van der Waals surface area contributed by atoms with Gasteiger partial charge in [0, 0.05) is 0 Å². The number of methoxy groups -OCH3 is 1. The van der Waals surface area contributed by atoms with Crippen LogP contribution in [-0.4, -0.2) is 19.6 Å². The van der Waals surface area contributed by atoms with E-state index in [9.17, 15) is 4.79 Å². The predicted octanol–water partition coefficient (Wildman–Crippen LogP) is 3.74. The van der Waals surface area contributed by atoms with Crippen molar-refractivity contribution in [3.63, 3.8) is 0 Å². The summed E-state index contributed by atoms with van der Waals surface area (Å²) >= 11 is 0. The SMILES string of the molecule is CCCOc1ccccc1C(=O)Nc1ccccc1OC. The first kappa shape index (κ1) is 14.9. The van der Waals surface area contributed by atoms with Crippen LogP contribution in [0.3, 0.4) is 0 Å². The number of para-hydroxylation sites is 3. The molecule has 0 heterocycles. The van der Waals surface area contributed by atoms with Gasteiger partial charge in [-0.25, -0.2) is 0 Å². The fraction of sp³-hybridized carbons (Fsp3) is 0.235. The van der Waals surface area contributed by atoms with Crippen molar-refractivity contribution in [2.24, 2.45) is 0 Å². The average Bonchev–Trinajstić information content (AvgIpc) is 2.53. The van der Waals surface area contributed by atoms with E-state index in [1.54, 1.807) is 31.4 Å². The number of carbonyl (C=O) groups excluding carboxylic acids is 1. The standard InChI is InChI=1S/C17H19NO3/c1-3-12-21-15-10-6-4-8-13(15)17(19)18-14-9-5-7-11-16(14)20-2/h4-11H,3,12H2,1-2H3,(H,18,19). The Morgan fingerprint density at radius 3 is 2.43 bits per heavy atom. The van der Waals surface area contributed by atoms with Crippen molar-refractivity contribution in [3.8, 4) is 11.5 Å². The number of nitrogens with one attached hydrogen (secondary N) is 1. The number of ether oxygens (including phenoxy) is 2. The number of benzene rings is 2. The molecule has 0 spiro atoms. The molecule has 1 N–H and O–H groups in total. The summed E-state index contributed by atoms with van der Waals surface area (Å²) in [7, 11) is 1.57. The summed E-state index contributed by atoms with van der Waals surface area (Å²) in [4.78, 5) is 12.4. The Morgan fingerprint density at radius 2 is 1.71 bits per heavy atom. The molecule has 0 aliphatic carbocycles. The van der Waals surface area contributed by atoms with Gasteiger partial charge in [0.25, 0.3) is 5.91 Å². The van der Waals surface area contributed by atoms with Crippen LogP contribution < -0.4 is 14.8 Å². The number of amides is 1. The van der Waals surface area contributed by atoms with Crippen LogP contribution in [0.5, 0.6) is 11.5 Å². The van der Waals surface area contributed by atoms with Gasteiger partial charge >= 0.3 is 0 Å². The third-order valence-electron chi connectivity index (χ3n) is 2.95. The van der Waals surface area contributed by atoms with Crippen molar-refractivity contribution >= 4 is 11.6 Å². The third kappa shape index (κ3) is 3.75. The highest BCUT2D eigenvalue weighted by atomic mass is 16.5. The Balaban J connectivity index is 2.20. The number of carbonyl (C=O) groups is 1. The van der Waals surface area contributed by atoms with E-state index < -0.39 is 0 Å². The minimum atomic E-state index is -0.216. The van der Waals surface area contributed by atoms with Gasteiger partial charge in [0.2, 0.25) is 0 Å². The summed E-state index contributed by atoms with van der Waals surface area (Å²) in [6, 6.07) is 14.5. The molecule has 0 unspecified atom stereocenters. The fourth-order valence-electron chi connectivity index (χ4n) is 1.93. The molecule has 1 amide bonds. The summed E-state index contributed by atoms with van der Waals surface area (Å²) in [5, 5.41) is 2.85. The summed E-state index contributed by atoms with van der Waals surface area (Å²) in [5.74, 6) is 0.996. The molecule has 0 radical (unpaired) electrons. The Hall–Kier alpha value is -2.49. The molecule has 0 atom stereocenters. The molecule has 0 saturated heterocycles. The third-order valence-corrected chi connectivity index (χ3v) is 2.95. The minimum Gasteiger partial charge on any atom is -0.495 e. The molecule has 0 fully saturated rings. The van der Waals surface area contributed by atoms with E-state index in [1.807, 2.05) is 31.2 Å². The first-order valence-electron chi connectivity index (χ1n) is 6.92. The molecule has 2 aromatic carbocycles. The van der Waals surface area contributed by atoms with Crippen molar-refractivity contribution in [3.05, 3.63) is 54.1 Å². The summed E-state index contributed by atoms with van der Waals surface area (Å²) in [6.07, 6.45) is 0.891. The van der Waals surface area contributed by atoms with E-state index >= 15 is 0 Å². The normalized spacial score (nSPS) is 10.0. The summed E-state index contributed by atoms with van der Waals surface area (Å²) < 4.78 is 10.8. The quantitative estimate of drug-likeness (QED) is 0.879. The Labute approximate surface area is 124 Å². The van der Waals surface area contributed by atoms with E-state index in [4.69, 9.17) is 9.47 Å². The second kappa shape index (κ2) is 7.33. The molecule has 0 saturated carbocycles. The Kier molecular flexibility index (Phi) is 5.21. The summed E-state index contributed by atoms with van der Waals surface area (Å²) in [6.45, 7) is 2.61. The molecule has 2 rings (SSSR count). The van der Waals surface area contributed by atoms with Crippen LogP contribution in [0.1, 0.15) is 23.7 Å². The highest BCUT2D eigenvalue weighted by molar-refractivity contribution is 6.06. The predicted molar refractivity (Wildman–Crippen MR) is 83.2 cm³/mol. The number of hydrogen-bond donors (Lipinski definition) is 1. The Morgan fingerprint density at radius 1 is 1.05 bits per heavy atom. The van der Waals surface area contributed by atoms with Gasteiger partial charge in [0.05, 0.1) is 25.0 Å². The van der Waals surface area contributed by atoms with E-state index in [0.717, 1.165) is 6.42 Å². The lowest BCUT2D eigenvalue weighted by Gasteiger charge is -2.12. The van der Waals surface area contributed by atoms with Gasteiger partial charge in [-0.2, -0.15) is 0 Å². The monoisotopic (exact) mass is 285 g/mol. The highest BCUT2D eigenvalue weighted by Gasteiger charge is 2.13. The Bertz CT molecular complexity index is 610. The molecular formula is C17H19NO3. The molecule has 110 valence electrons. The smallest absolute Gasteiger partial charge is 0.259 e. The van der Waals surface area contributed by atoms with Gasteiger partial charge in [-0.3, -0.25) is 4.79 Å². The van der Waals surface area contributed by atoms with Crippen LogP contribution in [0.4, 0.5) is 5.69 Å². The lowest BCUT2D eigenvalue weighted by atomic mass is 10.1. The van der Waals surface area contributed by atoms with Crippen LogP contribution in [0, 0.1) is 0 Å². The topological polar surface area (TPSA) is 47.6 Å². The van der Waals surface area contributed by atoms with Crippen molar-refractivity contribution in [2.75, 3.05) is 19.0 Å². The van der Waals surface area contributed by atoms with Crippen molar-refractivity contribution < 1.29 is 14.3 Å². The summed E-state index contributed by atoms with van der Waals surface area (Å²) in [5.41, 5.74) is 1.15. The molecule has 0 bridgehead atoms. The van der Waals surface area contributed by atoms with E-state index in [0.29, 0.717) is 29.4 Å². The second-order valence-corrected chi connectivity index (χ2v) is 4.50. The average molecular weight is 285 g/mol. The number of anilines is 1. The van der Waals surface area contributed by atoms with Gasteiger partial charge in [0.1, 0.15) is 11.5 Å². The maximum Gasteiger partial charge on any atom is 0.259 e. The maximum absolute atomic E-state index is 12.4. The van der Waals surface area contributed by atoms with E-state index in [1.165, 1.54) is 0 Å². The van der Waals surface area contributed by atoms with Gasteiger partial charge in [-0.1, -0.05) is 31.2 Å². The fourth-order valence-corrected chi connectivity index (χ4v) is 1.93. The van der Waals surface area contributed by atoms with Crippen LogP contribution in [-0.2, 0) is 0 Å². The maximum atomic E-state index is 12.4. The lowest BCUT2D eigenvalue weighted by molar-refractivity contribution is 0.102. The van der Waals surface area contributed by atoms with E-state index in [2.05, 4.69) is 5.32 Å². The molecule has 4 heteroatoms. The first-order chi connectivity index (χ1) is 10.3. The van der Waals surface area contributed by atoms with Crippen LogP contribution in [0.2, 0.25) is 0 Å². The molecule has 21 heavy (non-hydrogen) atoms. The zero-order chi connectivity index (χ0) is 15.1. The zero-order valence-corrected chi connectivity index (χ0v) is 12.3. The molecule has 2 aromatic rings. The van der Waals surface area contributed by atoms with Gasteiger partial charge in [-0.05, 0) is 30.7 Å². The van der Waals surface area contributed by atoms with Crippen LogP contribution >= 0.6 is 0 Å². The lowest BCUT2D eigenvalue weighted by Crippen LogP contribution is -2.14. The first-order valence-corrected chi connectivity index (χ1v) is 6.92. The largest absolute Gasteiger partial charge is 0.495 e. The van der Waals surface area contributed by atoms with Crippen molar-refractivity contribution in [1.82, 2.24) is 0 Å². The number of hydrogen-bond acceptors (Lipinski definition) is 3. The van der Waals surface area contributed by atoms with Crippen LogP contribution in [0.15, 0.2) is 48.5 Å². The van der Waals surface area contributed by atoms with Gasteiger partial charge in [-0.15, -0.1) is 0 Å². The van der Waals surface area contributed by atoms with Crippen molar-refractivity contribution in [2.45, 2.75) is 13.3 Å². The number of rotatable bonds is 6. The van der Waals surface area contributed by atoms with E-state index in [-0.39, 0.29) is 5.91 Å². The molecule has 0 aliphatic heterocycles. The van der Waals surface area contributed by atoms with Gasteiger partial charge < -0.3 is 14.8 Å². The molecular weight excluding hydrogens is 266 g/mol.